The Morgan fingerprint density at radius 1 is 0.955 bits per heavy atom. The zero-order valence-corrected chi connectivity index (χ0v) is 13.2. The molecule has 0 radical (unpaired) electrons. The summed E-state index contributed by atoms with van der Waals surface area (Å²) in [5.74, 6) is 2.04. The van der Waals surface area contributed by atoms with Crippen LogP contribution in [0.2, 0.25) is 0 Å². The summed E-state index contributed by atoms with van der Waals surface area (Å²) < 4.78 is 8.07. The number of hydrogen-bond donors (Lipinski definition) is 0. The van der Waals surface area contributed by atoms with Crippen LogP contribution in [-0.4, -0.2) is 16.2 Å². The van der Waals surface area contributed by atoms with Crippen LogP contribution in [0.1, 0.15) is 24.2 Å². The highest BCUT2D eigenvalue weighted by Gasteiger charge is 2.05. The molecule has 0 fully saturated rings. The van der Waals surface area contributed by atoms with Gasteiger partial charge < -0.3 is 9.30 Å². The Balaban J connectivity index is 1.50. The number of nitrogens with zero attached hydrogens (tertiary/aromatic N) is 2. The summed E-state index contributed by atoms with van der Waals surface area (Å²) in [5.41, 5.74) is 3.56. The van der Waals surface area contributed by atoms with Gasteiger partial charge >= 0.3 is 0 Å². The number of ether oxygens (including phenoxy) is 1. The molecule has 0 N–H and O–H groups in total. The number of unbranched alkanes of at least 4 members (excludes halogenated alkanes) is 1. The quantitative estimate of drug-likeness (QED) is 0.625. The highest BCUT2D eigenvalue weighted by Crippen LogP contribution is 2.16. The largest absolute Gasteiger partial charge is 0.494 e. The second-order valence-corrected chi connectivity index (χ2v) is 5.67. The molecule has 0 aliphatic heterocycles. The highest BCUT2D eigenvalue weighted by atomic mass is 16.5. The van der Waals surface area contributed by atoms with Crippen LogP contribution >= 0.6 is 0 Å². The van der Waals surface area contributed by atoms with Gasteiger partial charge in [-0.05, 0) is 51.0 Å². The van der Waals surface area contributed by atoms with Crippen molar-refractivity contribution in [3.8, 4) is 5.75 Å². The predicted molar refractivity (Wildman–Crippen MR) is 90.4 cm³/mol. The van der Waals surface area contributed by atoms with Gasteiger partial charge in [0.2, 0.25) is 0 Å². The van der Waals surface area contributed by atoms with Gasteiger partial charge in [0.25, 0.3) is 0 Å². The van der Waals surface area contributed by atoms with Crippen molar-refractivity contribution in [3.63, 3.8) is 0 Å². The molecule has 22 heavy (non-hydrogen) atoms. The Kier molecular flexibility index (Phi) is 4.42. The number of benzene rings is 2. The topological polar surface area (TPSA) is 27.1 Å². The third-order valence-electron chi connectivity index (χ3n) is 3.91. The molecule has 0 saturated heterocycles. The minimum Gasteiger partial charge on any atom is -0.494 e. The summed E-state index contributed by atoms with van der Waals surface area (Å²) in [6.45, 7) is 5.91. The highest BCUT2D eigenvalue weighted by molar-refractivity contribution is 5.75. The maximum Gasteiger partial charge on any atom is 0.119 e. The van der Waals surface area contributed by atoms with E-state index in [2.05, 4.69) is 53.7 Å². The molecule has 0 atom stereocenters. The Bertz CT molecular complexity index is 744. The lowest BCUT2D eigenvalue weighted by Crippen LogP contribution is -2.03. The minimum atomic E-state index is 0.759. The molecule has 3 aromatic rings. The lowest BCUT2D eigenvalue weighted by Gasteiger charge is -2.08. The molecule has 1 aromatic heterocycles. The normalized spacial score (nSPS) is 11.0. The van der Waals surface area contributed by atoms with Crippen LogP contribution in [0.4, 0.5) is 0 Å². The maximum atomic E-state index is 5.77. The molecule has 0 bridgehead atoms. The van der Waals surface area contributed by atoms with Crippen molar-refractivity contribution in [2.45, 2.75) is 33.2 Å². The summed E-state index contributed by atoms with van der Waals surface area (Å²) in [5, 5.41) is 0. The maximum absolute atomic E-state index is 5.77. The number of imidazole rings is 1. The first-order chi connectivity index (χ1) is 10.7. The first-order valence-electron chi connectivity index (χ1n) is 7.85. The van der Waals surface area contributed by atoms with Crippen molar-refractivity contribution >= 4 is 11.0 Å². The van der Waals surface area contributed by atoms with Gasteiger partial charge in [-0.1, -0.05) is 29.8 Å². The van der Waals surface area contributed by atoms with E-state index in [4.69, 9.17) is 4.74 Å². The van der Waals surface area contributed by atoms with Gasteiger partial charge in [0, 0.05) is 6.54 Å². The van der Waals surface area contributed by atoms with E-state index in [1.165, 1.54) is 11.1 Å². The van der Waals surface area contributed by atoms with E-state index in [0.29, 0.717) is 0 Å². The third-order valence-corrected chi connectivity index (χ3v) is 3.91. The molecular formula is C19H22N2O. The molecule has 0 aliphatic carbocycles. The molecular weight excluding hydrogens is 272 g/mol. The van der Waals surface area contributed by atoms with Crippen LogP contribution in [0, 0.1) is 13.8 Å². The lowest BCUT2D eigenvalue weighted by molar-refractivity contribution is 0.303. The Labute approximate surface area is 131 Å². The van der Waals surface area contributed by atoms with Gasteiger partial charge in [-0.15, -0.1) is 0 Å². The zero-order chi connectivity index (χ0) is 15.4. The predicted octanol–water partition coefficient (Wildman–Crippen LogP) is 4.51. The van der Waals surface area contributed by atoms with Gasteiger partial charge in [-0.2, -0.15) is 0 Å². The number of aromatic nitrogens is 2. The second kappa shape index (κ2) is 6.65. The fourth-order valence-corrected chi connectivity index (χ4v) is 2.67. The van der Waals surface area contributed by atoms with Gasteiger partial charge in [0.05, 0.1) is 17.6 Å². The van der Waals surface area contributed by atoms with Crippen LogP contribution in [0.3, 0.4) is 0 Å². The molecule has 3 nitrogen and oxygen atoms in total. The minimum absolute atomic E-state index is 0.759. The van der Waals surface area contributed by atoms with Crippen LogP contribution in [0.15, 0.2) is 48.5 Å². The Morgan fingerprint density at radius 2 is 1.73 bits per heavy atom. The molecule has 0 spiro atoms. The molecule has 1 heterocycles. The summed E-state index contributed by atoms with van der Waals surface area (Å²) in [6.07, 6.45) is 2.13. The third kappa shape index (κ3) is 3.30. The van der Waals surface area contributed by atoms with E-state index in [-0.39, 0.29) is 0 Å². The first-order valence-corrected chi connectivity index (χ1v) is 7.85. The summed E-state index contributed by atoms with van der Waals surface area (Å²) in [4.78, 5) is 4.60. The fourth-order valence-electron chi connectivity index (χ4n) is 2.67. The van der Waals surface area contributed by atoms with Crippen LogP contribution in [0.5, 0.6) is 5.75 Å². The summed E-state index contributed by atoms with van der Waals surface area (Å²) >= 11 is 0. The van der Waals surface area contributed by atoms with Gasteiger partial charge in [0.1, 0.15) is 11.6 Å². The van der Waals surface area contributed by atoms with Crippen LogP contribution in [-0.2, 0) is 6.54 Å². The first kappa shape index (κ1) is 14.6. The molecule has 114 valence electrons. The number of fused-ring (bicyclic) bond motifs is 1. The van der Waals surface area contributed by atoms with E-state index in [1.807, 2.05) is 18.2 Å². The summed E-state index contributed by atoms with van der Waals surface area (Å²) in [7, 11) is 0. The van der Waals surface area contributed by atoms with Crippen molar-refractivity contribution in [2.24, 2.45) is 0 Å². The lowest BCUT2D eigenvalue weighted by atomic mass is 10.2. The monoisotopic (exact) mass is 294 g/mol. The SMILES string of the molecule is Cc1ccc(OCCCCn2c(C)nc3ccccc32)cc1. The van der Waals surface area contributed by atoms with Crippen molar-refractivity contribution in [2.75, 3.05) is 6.61 Å². The number of hydrogen-bond acceptors (Lipinski definition) is 2. The van der Waals surface area contributed by atoms with Gasteiger partial charge in [-0.3, -0.25) is 0 Å². The van der Waals surface area contributed by atoms with Crippen molar-refractivity contribution in [1.82, 2.24) is 9.55 Å². The van der Waals surface area contributed by atoms with Crippen LogP contribution < -0.4 is 4.74 Å². The molecule has 0 unspecified atom stereocenters. The molecule has 3 rings (SSSR count). The Hall–Kier alpha value is -2.29. The zero-order valence-electron chi connectivity index (χ0n) is 13.2. The molecule has 0 aliphatic rings. The molecule has 2 aromatic carbocycles. The Morgan fingerprint density at radius 3 is 2.55 bits per heavy atom. The van der Waals surface area contributed by atoms with E-state index in [1.54, 1.807) is 0 Å². The molecule has 0 amide bonds. The van der Waals surface area contributed by atoms with Crippen LogP contribution in [0.25, 0.3) is 11.0 Å². The molecule has 3 heteroatoms. The fraction of sp³-hybridized carbons (Fsp3) is 0.316. The number of rotatable bonds is 6. The number of para-hydroxylation sites is 2. The number of aryl methyl sites for hydroxylation is 3. The van der Waals surface area contributed by atoms with E-state index < -0.39 is 0 Å². The smallest absolute Gasteiger partial charge is 0.119 e. The second-order valence-electron chi connectivity index (χ2n) is 5.67. The van der Waals surface area contributed by atoms with E-state index in [0.717, 1.165) is 43.1 Å². The molecule has 0 saturated carbocycles. The van der Waals surface area contributed by atoms with Crippen molar-refractivity contribution in [3.05, 3.63) is 59.9 Å². The van der Waals surface area contributed by atoms with E-state index in [9.17, 15) is 0 Å². The van der Waals surface area contributed by atoms with Crippen molar-refractivity contribution < 1.29 is 4.74 Å². The average Bonchev–Trinajstić information content (AvgIpc) is 2.85. The van der Waals surface area contributed by atoms with Gasteiger partial charge in [0.15, 0.2) is 0 Å². The average molecular weight is 294 g/mol. The van der Waals surface area contributed by atoms with Crippen molar-refractivity contribution in [1.29, 1.82) is 0 Å². The standard InChI is InChI=1S/C19H22N2O/c1-15-9-11-17(12-10-15)22-14-6-5-13-21-16(2)20-18-7-3-4-8-19(18)21/h3-4,7-12H,5-6,13-14H2,1-2H3. The van der Waals surface area contributed by atoms with E-state index >= 15 is 0 Å². The van der Waals surface area contributed by atoms with Gasteiger partial charge in [-0.25, -0.2) is 4.98 Å². The summed E-state index contributed by atoms with van der Waals surface area (Å²) in [6, 6.07) is 16.5.